The van der Waals surface area contributed by atoms with Crippen LogP contribution in [-0.4, -0.2) is 27.7 Å². The van der Waals surface area contributed by atoms with Crippen LogP contribution in [0.2, 0.25) is 5.15 Å². The van der Waals surface area contributed by atoms with Crippen LogP contribution in [0.15, 0.2) is 30.3 Å². The number of carbonyl (C=O) groups excluding carboxylic acids is 1. The maximum absolute atomic E-state index is 12.6. The van der Waals surface area contributed by atoms with Crippen molar-refractivity contribution in [2.45, 2.75) is 45.8 Å². The fraction of sp³-hybridized carbons (Fsp3) is 0.389. The largest absolute Gasteiger partial charge is 0.443 e. The number of halogens is 1. The first-order chi connectivity index (χ1) is 11.3. The predicted molar refractivity (Wildman–Crippen MR) is 94.4 cm³/mol. The zero-order chi connectivity index (χ0) is 17.5. The molecule has 1 amide bonds. The second-order valence-corrected chi connectivity index (χ2v) is 7.27. The Bertz CT molecular complexity index is 772. The first kappa shape index (κ1) is 16.7. The number of anilines is 1. The molecular formula is C18H20ClN3O2. The fourth-order valence-electron chi connectivity index (χ4n) is 2.71. The van der Waals surface area contributed by atoms with Crippen molar-refractivity contribution in [3.63, 3.8) is 0 Å². The van der Waals surface area contributed by atoms with E-state index in [2.05, 4.69) is 9.97 Å². The molecule has 1 aliphatic heterocycles. The van der Waals surface area contributed by atoms with Crippen molar-refractivity contribution in [2.75, 3.05) is 4.90 Å². The van der Waals surface area contributed by atoms with Crippen LogP contribution in [-0.2, 0) is 11.2 Å². The van der Waals surface area contributed by atoms with Gasteiger partial charge in [0.1, 0.15) is 16.6 Å². The van der Waals surface area contributed by atoms with Crippen LogP contribution in [0.5, 0.6) is 0 Å². The van der Waals surface area contributed by atoms with Crippen LogP contribution in [0, 0.1) is 0 Å². The van der Waals surface area contributed by atoms with Gasteiger partial charge < -0.3 is 4.74 Å². The Hall–Kier alpha value is -2.14. The van der Waals surface area contributed by atoms with Crippen molar-refractivity contribution in [3.8, 4) is 11.4 Å². The minimum atomic E-state index is -0.571. The van der Waals surface area contributed by atoms with Crippen molar-refractivity contribution < 1.29 is 9.53 Å². The summed E-state index contributed by atoms with van der Waals surface area (Å²) in [5.41, 5.74) is 1.07. The molecule has 0 saturated carbocycles. The Balaban J connectivity index is 2.03. The van der Waals surface area contributed by atoms with Gasteiger partial charge in [-0.05, 0) is 34.1 Å². The lowest BCUT2D eigenvalue weighted by Crippen LogP contribution is -2.40. The summed E-state index contributed by atoms with van der Waals surface area (Å²) >= 11 is 6.36. The monoisotopic (exact) mass is 345 g/mol. The standard InChI is InChI=1S/C18H20ClN3O2/c1-11-10-13-14(19)20-15(12-8-6-5-7-9-12)21-16(13)22(11)17(23)24-18(2,3)4/h5-9,11H,10H2,1-4H3. The van der Waals surface area contributed by atoms with Gasteiger partial charge in [0.05, 0.1) is 0 Å². The van der Waals surface area contributed by atoms with E-state index in [9.17, 15) is 4.79 Å². The molecule has 0 bridgehead atoms. The second-order valence-electron chi connectivity index (χ2n) is 6.91. The molecule has 0 aliphatic carbocycles. The van der Waals surface area contributed by atoms with Crippen molar-refractivity contribution in [1.29, 1.82) is 0 Å². The highest BCUT2D eigenvalue weighted by Crippen LogP contribution is 2.36. The van der Waals surface area contributed by atoms with E-state index >= 15 is 0 Å². The topological polar surface area (TPSA) is 55.3 Å². The Morgan fingerprint density at radius 1 is 1.25 bits per heavy atom. The number of rotatable bonds is 1. The summed E-state index contributed by atoms with van der Waals surface area (Å²) in [5.74, 6) is 1.04. The minimum Gasteiger partial charge on any atom is -0.443 e. The van der Waals surface area contributed by atoms with Gasteiger partial charge in [0.2, 0.25) is 0 Å². The molecule has 2 aromatic rings. The van der Waals surface area contributed by atoms with Gasteiger partial charge in [-0.1, -0.05) is 41.9 Å². The molecule has 5 nitrogen and oxygen atoms in total. The van der Waals surface area contributed by atoms with E-state index in [1.54, 1.807) is 4.90 Å². The second kappa shape index (κ2) is 6.06. The first-order valence-electron chi connectivity index (χ1n) is 7.90. The highest BCUT2D eigenvalue weighted by Gasteiger charge is 2.37. The maximum Gasteiger partial charge on any atom is 0.416 e. The summed E-state index contributed by atoms with van der Waals surface area (Å²) in [5, 5.41) is 0.386. The van der Waals surface area contributed by atoms with Crippen LogP contribution in [0.1, 0.15) is 33.3 Å². The highest BCUT2D eigenvalue weighted by atomic mass is 35.5. The van der Waals surface area contributed by atoms with Crippen molar-refractivity contribution >= 4 is 23.5 Å². The molecule has 0 radical (unpaired) electrons. The lowest BCUT2D eigenvalue weighted by Gasteiger charge is -2.27. The van der Waals surface area contributed by atoms with Gasteiger partial charge in [-0.15, -0.1) is 0 Å². The van der Waals surface area contributed by atoms with Crippen LogP contribution in [0.4, 0.5) is 10.6 Å². The van der Waals surface area contributed by atoms with Gasteiger partial charge in [-0.25, -0.2) is 14.8 Å². The van der Waals surface area contributed by atoms with E-state index in [0.717, 1.165) is 11.1 Å². The van der Waals surface area contributed by atoms with Crippen molar-refractivity contribution in [1.82, 2.24) is 9.97 Å². The number of fused-ring (bicyclic) bond motifs is 1. The molecule has 1 atom stereocenters. The number of ether oxygens (including phenoxy) is 1. The first-order valence-corrected chi connectivity index (χ1v) is 8.28. The number of hydrogen-bond acceptors (Lipinski definition) is 4. The minimum absolute atomic E-state index is 0.0762. The summed E-state index contributed by atoms with van der Waals surface area (Å²) in [6.07, 6.45) is 0.199. The van der Waals surface area contributed by atoms with Gasteiger partial charge in [-0.3, -0.25) is 4.90 Å². The Morgan fingerprint density at radius 2 is 1.92 bits per heavy atom. The summed E-state index contributed by atoms with van der Waals surface area (Å²) in [7, 11) is 0. The number of aromatic nitrogens is 2. The molecule has 1 unspecified atom stereocenters. The molecule has 3 rings (SSSR count). The molecule has 24 heavy (non-hydrogen) atoms. The zero-order valence-corrected chi connectivity index (χ0v) is 15.0. The third-order valence-corrected chi connectivity index (χ3v) is 4.04. The van der Waals surface area contributed by atoms with Crippen LogP contribution < -0.4 is 4.90 Å². The number of amides is 1. The average molecular weight is 346 g/mol. The van der Waals surface area contributed by atoms with E-state index in [1.165, 1.54) is 0 Å². The molecule has 1 aliphatic rings. The Labute approximate surface area is 146 Å². The number of carbonyl (C=O) groups is 1. The third-order valence-electron chi connectivity index (χ3n) is 3.73. The van der Waals surface area contributed by atoms with Crippen molar-refractivity contribution in [3.05, 3.63) is 41.0 Å². The van der Waals surface area contributed by atoms with Gasteiger partial charge in [0.25, 0.3) is 0 Å². The predicted octanol–water partition coefficient (Wildman–Crippen LogP) is 4.48. The van der Waals surface area contributed by atoms with Gasteiger partial charge in [0.15, 0.2) is 5.82 Å². The van der Waals surface area contributed by atoms with E-state index < -0.39 is 11.7 Å². The molecule has 6 heteroatoms. The maximum atomic E-state index is 12.6. The lowest BCUT2D eigenvalue weighted by molar-refractivity contribution is 0.0571. The molecule has 0 N–H and O–H groups in total. The van der Waals surface area contributed by atoms with E-state index in [0.29, 0.717) is 23.2 Å². The Morgan fingerprint density at radius 3 is 2.54 bits per heavy atom. The fourth-order valence-corrected chi connectivity index (χ4v) is 2.95. The summed E-state index contributed by atoms with van der Waals surface area (Å²) in [6, 6.07) is 9.49. The van der Waals surface area contributed by atoms with E-state index in [4.69, 9.17) is 16.3 Å². The van der Waals surface area contributed by atoms with Crippen LogP contribution in [0.3, 0.4) is 0 Å². The highest BCUT2D eigenvalue weighted by molar-refractivity contribution is 6.30. The normalized spacial score (nSPS) is 16.9. The number of benzene rings is 1. The molecule has 1 aromatic heterocycles. The van der Waals surface area contributed by atoms with Gasteiger partial charge >= 0.3 is 6.09 Å². The van der Waals surface area contributed by atoms with Gasteiger partial charge in [-0.2, -0.15) is 0 Å². The van der Waals surface area contributed by atoms with E-state index in [-0.39, 0.29) is 6.04 Å². The molecular weight excluding hydrogens is 326 g/mol. The van der Waals surface area contributed by atoms with Crippen LogP contribution in [0.25, 0.3) is 11.4 Å². The number of hydrogen-bond donors (Lipinski definition) is 0. The summed E-state index contributed by atoms with van der Waals surface area (Å²) in [6.45, 7) is 7.48. The molecule has 2 heterocycles. The third kappa shape index (κ3) is 3.22. The average Bonchev–Trinajstić information content (AvgIpc) is 2.83. The molecule has 0 spiro atoms. The van der Waals surface area contributed by atoms with Crippen LogP contribution >= 0.6 is 11.6 Å². The Kier molecular flexibility index (Phi) is 4.22. The molecule has 0 saturated heterocycles. The summed E-state index contributed by atoms with van der Waals surface area (Å²) < 4.78 is 5.52. The molecule has 0 fully saturated rings. The lowest BCUT2D eigenvalue weighted by atomic mass is 10.2. The summed E-state index contributed by atoms with van der Waals surface area (Å²) in [4.78, 5) is 23.2. The smallest absolute Gasteiger partial charge is 0.416 e. The molecule has 126 valence electrons. The van der Waals surface area contributed by atoms with Crippen molar-refractivity contribution in [2.24, 2.45) is 0 Å². The zero-order valence-electron chi connectivity index (χ0n) is 14.2. The quantitative estimate of drug-likeness (QED) is 0.715. The molecule has 1 aromatic carbocycles. The number of nitrogens with zero attached hydrogens (tertiary/aromatic N) is 3. The van der Waals surface area contributed by atoms with E-state index in [1.807, 2.05) is 58.0 Å². The van der Waals surface area contributed by atoms with Gasteiger partial charge in [0, 0.05) is 17.2 Å². The SMILES string of the molecule is CC1Cc2c(Cl)nc(-c3ccccc3)nc2N1C(=O)OC(C)(C)C.